The van der Waals surface area contributed by atoms with Crippen LogP contribution in [0.2, 0.25) is 0 Å². The number of hydrogen-bond acceptors (Lipinski definition) is 7. The van der Waals surface area contributed by atoms with Gasteiger partial charge in [-0.1, -0.05) is 0 Å². The fourth-order valence-electron chi connectivity index (χ4n) is 4.21. The number of β-amino-alcohol motifs (C(OH)–C–C–N with tert-alkyl or cyclic N) is 1. The first-order valence-electron chi connectivity index (χ1n) is 9.09. The monoisotopic (exact) mass is 393 g/mol. The Balaban J connectivity index is 1.98. The average Bonchev–Trinajstić information content (AvgIpc) is 2.76. The van der Waals surface area contributed by atoms with E-state index in [-0.39, 0.29) is 51.4 Å². The lowest BCUT2D eigenvalue weighted by molar-refractivity contribution is -0.132. The molecule has 0 aromatic heterocycles. The number of piperidine rings is 1. The van der Waals surface area contributed by atoms with Gasteiger partial charge in [0.1, 0.15) is 5.54 Å². The summed E-state index contributed by atoms with van der Waals surface area (Å²) in [5.74, 6) is -0.357. The first kappa shape index (κ1) is 21.5. The molecule has 0 saturated carbocycles. The van der Waals surface area contributed by atoms with Crippen molar-refractivity contribution in [1.29, 1.82) is 0 Å². The Labute approximate surface area is 155 Å². The minimum atomic E-state index is -3.51. The predicted molar refractivity (Wildman–Crippen MR) is 95.8 cm³/mol. The van der Waals surface area contributed by atoms with Crippen molar-refractivity contribution in [3.8, 4) is 0 Å². The van der Waals surface area contributed by atoms with Gasteiger partial charge in [0, 0.05) is 25.7 Å². The van der Waals surface area contributed by atoms with Crippen LogP contribution in [0, 0.1) is 0 Å². The first-order valence-corrected chi connectivity index (χ1v) is 10.9. The molecule has 1 amide bonds. The molecule has 0 aromatic rings. The molecule has 152 valence electrons. The quantitative estimate of drug-likeness (QED) is 0.363. The van der Waals surface area contributed by atoms with E-state index in [4.69, 9.17) is 15.6 Å². The molecular formula is C16H31N3O6S. The predicted octanol–water partition coefficient (Wildman–Crippen LogP) is -1.51. The number of rotatable bonds is 11. The van der Waals surface area contributed by atoms with E-state index in [0.717, 1.165) is 29.8 Å². The van der Waals surface area contributed by atoms with E-state index in [9.17, 15) is 18.3 Å². The van der Waals surface area contributed by atoms with Crippen molar-refractivity contribution in [3.63, 3.8) is 0 Å². The Morgan fingerprint density at radius 3 is 2.73 bits per heavy atom. The van der Waals surface area contributed by atoms with Gasteiger partial charge in [-0.2, -0.15) is 4.31 Å². The van der Waals surface area contributed by atoms with Crippen LogP contribution in [0.15, 0.2) is 0 Å². The Morgan fingerprint density at radius 1 is 1.38 bits per heavy atom. The zero-order chi connectivity index (χ0) is 19.4. The number of primary amides is 1. The largest absolute Gasteiger partial charge is 0.394 e. The molecule has 2 heterocycles. The highest BCUT2D eigenvalue weighted by Crippen LogP contribution is 2.43. The molecule has 9 nitrogen and oxygen atoms in total. The summed E-state index contributed by atoms with van der Waals surface area (Å²) in [4.78, 5) is 14.1. The number of carbonyl (C=O) groups excluding carboxylic acids is 1. The molecule has 2 saturated heterocycles. The Bertz CT molecular complexity index is 583. The normalized spacial score (nSPS) is 27.8. The lowest BCUT2D eigenvalue weighted by Crippen LogP contribution is -2.60. The van der Waals surface area contributed by atoms with Crippen LogP contribution in [-0.4, -0.2) is 97.1 Å². The Kier molecular flexibility index (Phi) is 7.40. The molecular weight excluding hydrogens is 362 g/mol. The van der Waals surface area contributed by atoms with Crippen molar-refractivity contribution in [1.82, 2.24) is 9.21 Å². The SMILES string of the molecule is CS(=O)(=O)N(CCOCCO)CC(O)CN1[C@@H]2CCC[C@@]1(C(N)=O)CC2. The Hall–Kier alpha value is -0.780. The van der Waals surface area contributed by atoms with E-state index < -0.39 is 21.7 Å². The Morgan fingerprint density at radius 2 is 2.12 bits per heavy atom. The second-order valence-electron chi connectivity index (χ2n) is 7.24. The van der Waals surface area contributed by atoms with Gasteiger partial charge in [0.05, 0.1) is 32.2 Å². The molecule has 2 rings (SSSR count). The van der Waals surface area contributed by atoms with Gasteiger partial charge in [-0.05, 0) is 32.1 Å². The van der Waals surface area contributed by atoms with Crippen molar-refractivity contribution < 1.29 is 28.2 Å². The summed E-state index contributed by atoms with van der Waals surface area (Å²) in [6, 6.07) is 0.213. The number of sulfonamides is 1. The van der Waals surface area contributed by atoms with E-state index in [0.29, 0.717) is 12.8 Å². The number of aliphatic hydroxyl groups excluding tert-OH is 2. The number of nitrogens with zero attached hydrogens (tertiary/aromatic N) is 2. The maximum atomic E-state index is 12.1. The van der Waals surface area contributed by atoms with Gasteiger partial charge < -0.3 is 20.7 Å². The second-order valence-corrected chi connectivity index (χ2v) is 9.23. The van der Waals surface area contributed by atoms with Crippen LogP contribution in [0.3, 0.4) is 0 Å². The molecule has 2 aliphatic heterocycles. The number of fused-ring (bicyclic) bond motifs is 2. The summed E-state index contributed by atoms with van der Waals surface area (Å²) in [6.45, 7) is 0.387. The van der Waals surface area contributed by atoms with E-state index >= 15 is 0 Å². The minimum Gasteiger partial charge on any atom is -0.394 e. The summed E-state index contributed by atoms with van der Waals surface area (Å²) >= 11 is 0. The molecule has 1 unspecified atom stereocenters. The molecule has 0 aliphatic carbocycles. The highest BCUT2D eigenvalue weighted by Gasteiger charge is 2.52. The van der Waals surface area contributed by atoms with Gasteiger partial charge in [-0.3, -0.25) is 9.69 Å². The molecule has 26 heavy (non-hydrogen) atoms. The lowest BCUT2D eigenvalue weighted by Gasteiger charge is -2.43. The van der Waals surface area contributed by atoms with Gasteiger partial charge in [-0.25, -0.2) is 8.42 Å². The van der Waals surface area contributed by atoms with Crippen LogP contribution < -0.4 is 5.73 Å². The lowest BCUT2D eigenvalue weighted by atomic mass is 9.87. The highest BCUT2D eigenvalue weighted by atomic mass is 32.2. The number of hydrogen-bond donors (Lipinski definition) is 3. The molecule has 10 heteroatoms. The van der Waals surface area contributed by atoms with Crippen LogP contribution >= 0.6 is 0 Å². The maximum Gasteiger partial charge on any atom is 0.237 e. The molecule has 0 aromatic carbocycles. The number of aliphatic hydroxyl groups is 2. The second kappa shape index (κ2) is 8.94. The standard InChI is InChI=1S/C16H31N3O6S/c1-26(23,24)18(7-9-25-10-8-20)11-14(21)12-19-13-3-2-5-16(19,6-4-13)15(17)22/h13-14,20-21H,2-12H2,1H3,(H2,17,22)/t13-,14?,16+/m1/s1. The van der Waals surface area contributed by atoms with E-state index in [2.05, 4.69) is 0 Å². The molecule has 2 aliphatic rings. The molecule has 4 N–H and O–H groups in total. The van der Waals surface area contributed by atoms with Crippen LogP contribution in [-0.2, 0) is 19.6 Å². The summed E-state index contributed by atoms with van der Waals surface area (Å²) in [6.07, 6.45) is 4.33. The van der Waals surface area contributed by atoms with Gasteiger partial charge in [-0.15, -0.1) is 0 Å². The maximum absolute atomic E-state index is 12.1. The number of carbonyl (C=O) groups is 1. The number of nitrogens with two attached hydrogens (primary N) is 1. The summed E-state index contributed by atoms with van der Waals surface area (Å²) in [5.41, 5.74) is 4.96. The third-order valence-electron chi connectivity index (χ3n) is 5.48. The van der Waals surface area contributed by atoms with Crippen molar-refractivity contribution in [2.75, 3.05) is 45.7 Å². The summed E-state index contributed by atoms with van der Waals surface area (Å²) in [5, 5.41) is 19.2. The van der Waals surface area contributed by atoms with E-state index in [1.807, 2.05) is 4.90 Å². The third kappa shape index (κ3) is 4.93. The third-order valence-corrected chi connectivity index (χ3v) is 6.75. The molecule has 0 spiro atoms. The van der Waals surface area contributed by atoms with Crippen LogP contribution in [0.5, 0.6) is 0 Å². The smallest absolute Gasteiger partial charge is 0.237 e. The molecule has 3 atom stereocenters. The van der Waals surface area contributed by atoms with E-state index in [1.54, 1.807) is 0 Å². The van der Waals surface area contributed by atoms with Crippen molar-refractivity contribution >= 4 is 15.9 Å². The fraction of sp³-hybridized carbons (Fsp3) is 0.938. The summed E-state index contributed by atoms with van der Waals surface area (Å²) in [7, 11) is -3.51. The van der Waals surface area contributed by atoms with Gasteiger partial charge in [0.2, 0.25) is 15.9 Å². The van der Waals surface area contributed by atoms with Crippen molar-refractivity contribution in [3.05, 3.63) is 0 Å². The van der Waals surface area contributed by atoms with Crippen LogP contribution in [0.4, 0.5) is 0 Å². The van der Waals surface area contributed by atoms with Crippen LogP contribution in [0.1, 0.15) is 32.1 Å². The molecule has 2 bridgehead atoms. The molecule has 2 fully saturated rings. The fourth-order valence-corrected chi connectivity index (χ4v) is 5.06. The van der Waals surface area contributed by atoms with Gasteiger partial charge in [0.15, 0.2) is 0 Å². The molecule has 0 radical (unpaired) electrons. The minimum absolute atomic E-state index is 0.0701. The highest BCUT2D eigenvalue weighted by molar-refractivity contribution is 7.88. The zero-order valence-corrected chi connectivity index (χ0v) is 16.2. The van der Waals surface area contributed by atoms with Crippen molar-refractivity contribution in [2.45, 2.75) is 49.8 Å². The number of ether oxygens (including phenoxy) is 1. The topological polar surface area (TPSA) is 133 Å². The zero-order valence-electron chi connectivity index (χ0n) is 15.3. The average molecular weight is 394 g/mol. The first-order chi connectivity index (χ1) is 12.2. The number of amides is 1. The van der Waals surface area contributed by atoms with Crippen molar-refractivity contribution in [2.24, 2.45) is 5.73 Å². The van der Waals surface area contributed by atoms with Gasteiger partial charge >= 0.3 is 0 Å². The van der Waals surface area contributed by atoms with E-state index in [1.165, 1.54) is 0 Å². The van der Waals surface area contributed by atoms with Crippen LogP contribution in [0.25, 0.3) is 0 Å². The van der Waals surface area contributed by atoms with Gasteiger partial charge in [0.25, 0.3) is 0 Å². The summed E-state index contributed by atoms with van der Waals surface area (Å²) < 4.78 is 30.2.